The predicted octanol–water partition coefficient (Wildman–Crippen LogP) is 7.41. The number of allylic oxidation sites excluding steroid dienone is 2. The molecule has 0 spiro atoms. The number of hydrogen-bond acceptors (Lipinski definition) is 3. The molecule has 2 aliphatic rings. The maximum Gasteiger partial charge on any atom is 0.161 e. The van der Waals surface area contributed by atoms with E-state index in [1.165, 1.54) is 0 Å². The van der Waals surface area contributed by atoms with Gasteiger partial charge >= 0.3 is 0 Å². The molecule has 3 aromatic carbocycles. The lowest BCUT2D eigenvalue weighted by Crippen LogP contribution is -2.29. The molecule has 0 bridgehead atoms. The van der Waals surface area contributed by atoms with Crippen molar-refractivity contribution in [2.45, 2.75) is 25.0 Å². The molecule has 3 nitrogen and oxygen atoms in total. The second kappa shape index (κ2) is 8.49. The summed E-state index contributed by atoms with van der Waals surface area (Å²) in [5.41, 5.74) is 4.28. The molecule has 158 valence electrons. The number of nitrogens with one attached hydrogen (secondary N) is 1. The molecular formula is C26H23Cl2NO2. The van der Waals surface area contributed by atoms with Crippen LogP contribution in [-0.2, 0) is 6.61 Å². The number of hydrogen-bond donors (Lipinski definition) is 1. The van der Waals surface area contributed by atoms with Crippen LogP contribution in [0.3, 0.4) is 0 Å². The molecule has 1 aliphatic carbocycles. The highest BCUT2D eigenvalue weighted by molar-refractivity contribution is 6.36. The number of ether oxygens (including phenoxy) is 2. The van der Waals surface area contributed by atoms with Crippen molar-refractivity contribution in [3.05, 3.63) is 99.6 Å². The Balaban J connectivity index is 1.45. The predicted molar refractivity (Wildman–Crippen MR) is 127 cm³/mol. The van der Waals surface area contributed by atoms with Gasteiger partial charge in [-0.25, -0.2) is 0 Å². The van der Waals surface area contributed by atoms with Crippen LogP contribution in [0.25, 0.3) is 0 Å². The van der Waals surface area contributed by atoms with E-state index in [-0.39, 0.29) is 12.0 Å². The van der Waals surface area contributed by atoms with Gasteiger partial charge in [0.05, 0.1) is 23.9 Å². The fourth-order valence-corrected chi connectivity index (χ4v) is 5.19. The van der Waals surface area contributed by atoms with Crippen LogP contribution in [0.4, 0.5) is 5.69 Å². The molecule has 3 aromatic rings. The zero-order valence-corrected chi connectivity index (χ0v) is 18.7. The minimum Gasteiger partial charge on any atom is -0.493 e. The molecule has 0 aromatic heterocycles. The van der Waals surface area contributed by atoms with Crippen LogP contribution < -0.4 is 14.8 Å². The first-order valence-corrected chi connectivity index (χ1v) is 11.2. The molecule has 5 heteroatoms. The lowest BCUT2D eigenvalue weighted by Gasteiger charge is -2.38. The third-order valence-electron chi connectivity index (χ3n) is 6.20. The van der Waals surface area contributed by atoms with Crippen molar-refractivity contribution in [2.24, 2.45) is 5.92 Å². The summed E-state index contributed by atoms with van der Waals surface area (Å²) >= 11 is 13.1. The Hall–Kier alpha value is -2.62. The van der Waals surface area contributed by atoms with Crippen LogP contribution in [-0.4, -0.2) is 7.11 Å². The van der Waals surface area contributed by atoms with Gasteiger partial charge in [-0.15, -0.1) is 0 Å². The van der Waals surface area contributed by atoms with Crippen molar-refractivity contribution in [1.82, 2.24) is 0 Å². The monoisotopic (exact) mass is 451 g/mol. The summed E-state index contributed by atoms with van der Waals surface area (Å²) in [5.74, 6) is 2.06. The van der Waals surface area contributed by atoms with Crippen molar-refractivity contribution >= 4 is 28.9 Å². The lowest BCUT2D eigenvalue weighted by molar-refractivity contribution is 0.284. The first-order valence-electron chi connectivity index (χ1n) is 10.4. The van der Waals surface area contributed by atoms with E-state index in [4.69, 9.17) is 32.7 Å². The molecule has 0 amide bonds. The number of fused-ring (bicyclic) bond motifs is 3. The van der Waals surface area contributed by atoms with Crippen LogP contribution in [0.15, 0.2) is 72.8 Å². The van der Waals surface area contributed by atoms with E-state index < -0.39 is 0 Å². The molecule has 0 fully saturated rings. The number of halogens is 2. The van der Waals surface area contributed by atoms with E-state index in [1.54, 1.807) is 7.11 Å². The molecule has 31 heavy (non-hydrogen) atoms. The van der Waals surface area contributed by atoms with Crippen LogP contribution in [0, 0.1) is 5.92 Å². The highest BCUT2D eigenvalue weighted by Gasteiger charge is 2.40. The normalized spacial score (nSPS) is 21.2. The quantitative estimate of drug-likeness (QED) is 0.409. The van der Waals surface area contributed by atoms with Crippen LogP contribution in [0.1, 0.15) is 35.1 Å². The number of benzene rings is 3. The summed E-state index contributed by atoms with van der Waals surface area (Å²) in [6.07, 6.45) is 5.48. The van der Waals surface area contributed by atoms with E-state index in [9.17, 15) is 0 Å². The SMILES string of the molecule is COc1cc([C@@H]2Nc3c(Cl)ccc(Cl)c3[C@@H]3C=CC[C@@H]32)ccc1OCc1ccccc1. The van der Waals surface area contributed by atoms with Gasteiger partial charge in [0, 0.05) is 16.5 Å². The van der Waals surface area contributed by atoms with Gasteiger partial charge in [-0.05, 0) is 47.7 Å². The van der Waals surface area contributed by atoms with Gasteiger partial charge in [-0.1, -0.05) is 71.8 Å². The first-order chi connectivity index (χ1) is 15.2. The van der Waals surface area contributed by atoms with Gasteiger partial charge in [0.1, 0.15) is 6.61 Å². The summed E-state index contributed by atoms with van der Waals surface area (Å²) in [6.45, 7) is 0.494. The van der Waals surface area contributed by atoms with Crippen molar-refractivity contribution in [1.29, 1.82) is 0 Å². The smallest absolute Gasteiger partial charge is 0.161 e. The zero-order valence-electron chi connectivity index (χ0n) is 17.1. The average molecular weight is 452 g/mol. The van der Waals surface area contributed by atoms with Crippen molar-refractivity contribution in [2.75, 3.05) is 12.4 Å². The highest BCUT2D eigenvalue weighted by Crippen LogP contribution is 2.54. The third-order valence-corrected chi connectivity index (χ3v) is 6.84. The maximum absolute atomic E-state index is 6.56. The van der Waals surface area contributed by atoms with Gasteiger partial charge in [0.25, 0.3) is 0 Å². The van der Waals surface area contributed by atoms with Gasteiger partial charge in [-0.3, -0.25) is 0 Å². The van der Waals surface area contributed by atoms with E-state index in [0.29, 0.717) is 17.5 Å². The van der Waals surface area contributed by atoms with Gasteiger partial charge < -0.3 is 14.8 Å². The molecule has 0 saturated heterocycles. The summed E-state index contributed by atoms with van der Waals surface area (Å²) in [7, 11) is 1.68. The lowest BCUT2D eigenvalue weighted by atomic mass is 9.77. The Morgan fingerprint density at radius 3 is 2.58 bits per heavy atom. The minimum absolute atomic E-state index is 0.0977. The molecule has 3 atom stereocenters. The Bertz CT molecular complexity index is 1130. The molecule has 5 rings (SSSR count). The first kappa shape index (κ1) is 20.3. The fraction of sp³-hybridized carbons (Fsp3) is 0.231. The number of rotatable bonds is 5. The van der Waals surface area contributed by atoms with Crippen molar-refractivity contribution in [3.8, 4) is 11.5 Å². The van der Waals surface area contributed by atoms with E-state index >= 15 is 0 Å². The molecule has 0 saturated carbocycles. The maximum atomic E-state index is 6.56. The Labute approximate surface area is 192 Å². The second-order valence-electron chi connectivity index (χ2n) is 7.98. The van der Waals surface area contributed by atoms with Gasteiger partial charge in [0.15, 0.2) is 11.5 Å². The standard InChI is InChI=1S/C26H23Cl2NO2/c1-30-23-14-17(10-13-22(23)31-15-16-6-3-2-4-7-16)25-19-9-5-8-18(19)24-20(27)11-12-21(28)26(24)29-25/h2-8,10-14,18-19,25,29H,9,15H2,1H3/t18-,19+,25+/m1/s1. The number of anilines is 1. The fourth-order valence-electron chi connectivity index (χ4n) is 4.69. The molecule has 1 N–H and O–H groups in total. The molecule has 1 aliphatic heterocycles. The molecule has 0 radical (unpaired) electrons. The Morgan fingerprint density at radius 1 is 0.968 bits per heavy atom. The summed E-state index contributed by atoms with van der Waals surface area (Å²) < 4.78 is 11.7. The topological polar surface area (TPSA) is 30.5 Å². The highest BCUT2D eigenvalue weighted by atomic mass is 35.5. The van der Waals surface area contributed by atoms with E-state index in [2.05, 4.69) is 29.6 Å². The Morgan fingerprint density at radius 2 is 1.77 bits per heavy atom. The van der Waals surface area contributed by atoms with Gasteiger partial charge in [-0.2, -0.15) is 0 Å². The van der Waals surface area contributed by atoms with Crippen LogP contribution in [0.2, 0.25) is 10.0 Å². The Kier molecular flexibility index (Phi) is 5.56. The number of methoxy groups -OCH3 is 1. The molecular weight excluding hydrogens is 429 g/mol. The van der Waals surface area contributed by atoms with Crippen LogP contribution >= 0.6 is 23.2 Å². The summed E-state index contributed by atoms with van der Waals surface area (Å²) in [6, 6.07) is 20.1. The molecule has 0 unspecified atom stereocenters. The van der Waals surface area contributed by atoms with Crippen LogP contribution in [0.5, 0.6) is 11.5 Å². The third kappa shape index (κ3) is 3.77. The zero-order chi connectivity index (χ0) is 21.4. The largest absolute Gasteiger partial charge is 0.493 e. The molecule has 1 heterocycles. The van der Waals surface area contributed by atoms with E-state index in [1.807, 2.05) is 48.5 Å². The van der Waals surface area contributed by atoms with Crippen molar-refractivity contribution in [3.63, 3.8) is 0 Å². The average Bonchev–Trinajstić information content (AvgIpc) is 3.30. The van der Waals surface area contributed by atoms with Crippen molar-refractivity contribution < 1.29 is 9.47 Å². The second-order valence-corrected chi connectivity index (χ2v) is 8.79. The van der Waals surface area contributed by atoms with E-state index in [0.717, 1.165) is 45.3 Å². The summed E-state index contributed by atoms with van der Waals surface area (Å²) in [4.78, 5) is 0. The van der Waals surface area contributed by atoms with Gasteiger partial charge in [0.2, 0.25) is 0 Å². The minimum atomic E-state index is 0.0977. The summed E-state index contributed by atoms with van der Waals surface area (Å²) in [5, 5.41) is 5.12.